The summed E-state index contributed by atoms with van der Waals surface area (Å²) in [6.45, 7) is 2.45. The van der Waals surface area contributed by atoms with Crippen molar-refractivity contribution in [1.29, 1.82) is 0 Å². The van der Waals surface area contributed by atoms with Crippen LogP contribution in [-0.4, -0.2) is 14.6 Å². The second-order valence-corrected chi connectivity index (χ2v) is 4.15. The van der Waals surface area contributed by atoms with Gasteiger partial charge in [-0.3, -0.25) is 4.40 Å². The van der Waals surface area contributed by atoms with Gasteiger partial charge >= 0.3 is 0 Å². The summed E-state index contributed by atoms with van der Waals surface area (Å²) in [5, 5.41) is 8.20. The van der Waals surface area contributed by atoms with Gasteiger partial charge in [-0.2, -0.15) is 0 Å². The molecule has 0 aliphatic rings. The average molecular weight is 239 g/mol. The van der Waals surface area contributed by atoms with Gasteiger partial charge in [0.1, 0.15) is 12.4 Å². The second kappa shape index (κ2) is 4.49. The first-order valence-electron chi connectivity index (χ1n) is 5.81. The number of aromatic nitrogens is 3. The molecule has 2 aromatic heterocycles. The van der Waals surface area contributed by atoms with Crippen LogP contribution in [0, 0.1) is 6.92 Å². The highest BCUT2D eigenvalue weighted by Crippen LogP contribution is 2.14. The van der Waals surface area contributed by atoms with Gasteiger partial charge in [0.25, 0.3) is 0 Å². The third kappa shape index (κ3) is 2.05. The highest BCUT2D eigenvalue weighted by atomic mass is 16.5. The van der Waals surface area contributed by atoms with Crippen molar-refractivity contribution >= 4 is 5.65 Å². The topological polar surface area (TPSA) is 39.4 Å². The molecule has 0 bridgehead atoms. The number of rotatable bonds is 3. The van der Waals surface area contributed by atoms with E-state index in [1.54, 1.807) is 0 Å². The minimum absolute atomic E-state index is 0.411. The van der Waals surface area contributed by atoms with Gasteiger partial charge < -0.3 is 4.74 Å². The predicted octanol–water partition coefficient (Wildman–Crippen LogP) is 2.62. The molecule has 4 heteroatoms. The zero-order valence-electron chi connectivity index (χ0n) is 10.1. The first kappa shape index (κ1) is 10.8. The third-order valence-electron chi connectivity index (χ3n) is 2.74. The van der Waals surface area contributed by atoms with Gasteiger partial charge in [0.2, 0.25) is 0 Å². The molecule has 3 rings (SSSR count). The summed E-state index contributed by atoms with van der Waals surface area (Å²) < 4.78 is 7.64. The molecule has 0 fully saturated rings. The molecule has 90 valence electrons. The van der Waals surface area contributed by atoms with E-state index >= 15 is 0 Å². The molecule has 0 spiro atoms. The number of aryl methyl sites for hydroxylation is 1. The predicted molar refractivity (Wildman–Crippen MR) is 68.5 cm³/mol. The molecule has 0 saturated carbocycles. The Morgan fingerprint density at radius 3 is 2.94 bits per heavy atom. The van der Waals surface area contributed by atoms with Crippen LogP contribution in [-0.2, 0) is 6.61 Å². The number of benzene rings is 1. The molecule has 0 amide bonds. The molecule has 0 N–H and O–H groups in total. The van der Waals surface area contributed by atoms with Crippen LogP contribution in [0.1, 0.15) is 11.4 Å². The monoisotopic (exact) mass is 239 g/mol. The fourth-order valence-electron chi connectivity index (χ4n) is 1.84. The van der Waals surface area contributed by atoms with E-state index in [0.717, 1.165) is 17.2 Å². The smallest absolute Gasteiger partial charge is 0.175 e. The average Bonchev–Trinajstić information content (AvgIpc) is 2.80. The van der Waals surface area contributed by atoms with Gasteiger partial charge in [-0.05, 0) is 36.8 Å². The summed E-state index contributed by atoms with van der Waals surface area (Å²) in [6, 6.07) is 13.8. The quantitative estimate of drug-likeness (QED) is 0.705. The summed E-state index contributed by atoms with van der Waals surface area (Å²) in [7, 11) is 0. The van der Waals surface area contributed by atoms with Crippen LogP contribution in [0.2, 0.25) is 0 Å². The Morgan fingerprint density at radius 2 is 2.06 bits per heavy atom. The highest BCUT2D eigenvalue weighted by molar-refractivity contribution is 5.37. The molecule has 0 aliphatic heterocycles. The summed E-state index contributed by atoms with van der Waals surface area (Å²) in [4.78, 5) is 0. The van der Waals surface area contributed by atoms with E-state index in [1.165, 1.54) is 5.56 Å². The molecule has 0 radical (unpaired) electrons. The van der Waals surface area contributed by atoms with E-state index in [2.05, 4.69) is 10.2 Å². The molecular weight excluding hydrogens is 226 g/mol. The lowest BCUT2D eigenvalue weighted by Crippen LogP contribution is -2.01. The molecule has 0 aliphatic carbocycles. The second-order valence-electron chi connectivity index (χ2n) is 4.15. The molecule has 3 aromatic rings. The van der Waals surface area contributed by atoms with Crippen molar-refractivity contribution < 1.29 is 4.74 Å². The number of hydrogen-bond donors (Lipinski definition) is 0. The van der Waals surface area contributed by atoms with E-state index in [-0.39, 0.29) is 0 Å². The Hall–Kier alpha value is -2.36. The van der Waals surface area contributed by atoms with Gasteiger partial charge in [0.05, 0.1) is 0 Å². The molecule has 4 nitrogen and oxygen atoms in total. The van der Waals surface area contributed by atoms with Crippen LogP contribution >= 0.6 is 0 Å². The minimum Gasteiger partial charge on any atom is -0.486 e. The molecule has 1 aromatic carbocycles. The number of nitrogens with zero attached hydrogens (tertiary/aromatic N) is 3. The van der Waals surface area contributed by atoms with Crippen molar-refractivity contribution in [3.05, 3.63) is 60.0 Å². The highest BCUT2D eigenvalue weighted by Gasteiger charge is 2.04. The van der Waals surface area contributed by atoms with Crippen LogP contribution in [0.5, 0.6) is 5.75 Å². The van der Waals surface area contributed by atoms with Crippen LogP contribution in [0.4, 0.5) is 0 Å². The maximum absolute atomic E-state index is 5.72. The Kier molecular flexibility index (Phi) is 2.68. The van der Waals surface area contributed by atoms with Crippen LogP contribution in [0.25, 0.3) is 5.65 Å². The molecule has 18 heavy (non-hydrogen) atoms. The maximum Gasteiger partial charge on any atom is 0.175 e. The van der Waals surface area contributed by atoms with E-state index < -0.39 is 0 Å². The molecule has 0 saturated heterocycles. The van der Waals surface area contributed by atoms with Gasteiger partial charge in [0, 0.05) is 6.20 Å². The normalized spacial score (nSPS) is 10.7. The lowest BCUT2D eigenvalue weighted by Gasteiger charge is -2.05. The van der Waals surface area contributed by atoms with Gasteiger partial charge in [-0.1, -0.05) is 18.2 Å². The molecule has 2 heterocycles. The number of pyridine rings is 1. The van der Waals surface area contributed by atoms with Crippen molar-refractivity contribution in [3.8, 4) is 5.75 Å². The minimum atomic E-state index is 0.411. The number of fused-ring (bicyclic) bond motifs is 1. The van der Waals surface area contributed by atoms with Crippen molar-refractivity contribution in [3.63, 3.8) is 0 Å². The third-order valence-corrected chi connectivity index (χ3v) is 2.74. The SMILES string of the molecule is Cc1cccc(OCc2nnc3ccccn23)c1. The molecule has 0 unspecified atom stereocenters. The van der Waals surface area contributed by atoms with Gasteiger partial charge in [0.15, 0.2) is 11.5 Å². The molecular formula is C14H13N3O. The molecule has 0 atom stereocenters. The van der Waals surface area contributed by atoms with E-state index in [1.807, 2.05) is 60.0 Å². The Balaban J connectivity index is 1.81. The Bertz CT molecular complexity index is 675. The Morgan fingerprint density at radius 1 is 1.11 bits per heavy atom. The summed E-state index contributed by atoms with van der Waals surface area (Å²) in [6.07, 6.45) is 1.93. The summed E-state index contributed by atoms with van der Waals surface area (Å²) in [5.74, 6) is 1.65. The summed E-state index contributed by atoms with van der Waals surface area (Å²) >= 11 is 0. The Labute approximate surface area is 105 Å². The standard InChI is InChI=1S/C14H13N3O/c1-11-5-4-6-12(9-11)18-10-14-16-15-13-7-2-3-8-17(13)14/h2-9H,10H2,1H3. The summed E-state index contributed by atoms with van der Waals surface area (Å²) in [5.41, 5.74) is 2.01. The number of hydrogen-bond acceptors (Lipinski definition) is 3. The maximum atomic E-state index is 5.72. The zero-order chi connectivity index (χ0) is 12.4. The fourth-order valence-corrected chi connectivity index (χ4v) is 1.84. The van der Waals surface area contributed by atoms with Crippen molar-refractivity contribution in [1.82, 2.24) is 14.6 Å². The van der Waals surface area contributed by atoms with Crippen molar-refractivity contribution in [2.45, 2.75) is 13.5 Å². The van der Waals surface area contributed by atoms with Crippen LogP contribution in [0.3, 0.4) is 0 Å². The van der Waals surface area contributed by atoms with Crippen LogP contribution < -0.4 is 4.74 Å². The van der Waals surface area contributed by atoms with Crippen LogP contribution in [0.15, 0.2) is 48.7 Å². The first-order valence-corrected chi connectivity index (χ1v) is 5.81. The van der Waals surface area contributed by atoms with E-state index in [0.29, 0.717) is 6.61 Å². The number of ether oxygens (including phenoxy) is 1. The lowest BCUT2D eigenvalue weighted by atomic mass is 10.2. The van der Waals surface area contributed by atoms with Crippen molar-refractivity contribution in [2.75, 3.05) is 0 Å². The largest absolute Gasteiger partial charge is 0.486 e. The van der Waals surface area contributed by atoms with Gasteiger partial charge in [-0.15, -0.1) is 10.2 Å². The first-order chi connectivity index (χ1) is 8.83. The van der Waals surface area contributed by atoms with Crippen molar-refractivity contribution in [2.24, 2.45) is 0 Å². The van der Waals surface area contributed by atoms with E-state index in [4.69, 9.17) is 4.74 Å². The van der Waals surface area contributed by atoms with Gasteiger partial charge in [-0.25, -0.2) is 0 Å². The fraction of sp³-hybridized carbons (Fsp3) is 0.143. The zero-order valence-corrected chi connectivity index (χ0v) is 10.1. The lowest BCUT2D eigenvalue weighted by molar-refractivity contribution is 0.294. The van der Waals surface area contributed by atoms with E-state index in [9.17, 15) is 0 Å².